The minimum absolute atomic E-state index is 0.00664. The molecule has 0 saturated carbocycles. The summed E-state index contributed by atoms with van der Waals surface area (Å²) in [6, 6.07) is 0. The number of cyclic esters (lactones) is 1. The highest BCUT2D eigenvalue weighted by Crippen LogP contribution is 2.42. The monoisotopic (exact) mass is 356 g/mol. The third-order valence-corrected chi connectivity index (χ3v) is 4.89. The molecule has 1 aliphatic heterocycles. The average molecular weight is 357 g/mol. The largest absolute Gasteiger partial charge is 0.453 e. The first-order valence-corrected chi connectivity index (χ1v) is 9.19. The fourth-order valence-corrected chi connectivity index (χ4v) is 3.64. The van der Waals surface area contributed by atoms with E-state index in [2.05, 4.69) is 22.5 Å². The summed E-state index contributed by atoms with van der Waals surface area (Å²) in [5.74, 6) is -0.100. The molecule has 128 valence electrons. The number of aromatic nitrogens is 1. The Kier molecular flexibility index (Phi) is 6.17. The second-order valence-corrected chi connectivity index (χ2v) is 7.25. The summed E-state index contributed by atoms with van der Waals surface area (Å²) in [5, 5.41) is 9.13. The van der Waals surface area contributed by atoms with Crippen LogP contribution in [-0.4, -0.2) is 29.2 Å². The van der Waals surface area contributed by atoms with Gasteiger partial charge in [0.25, 0.3) is 0 Å². The number of nitrogens with one attached hydrogen (secondary N) is 2. The third-order valence-electron chi connectivity index (χ3n) is 3.95. The summed E-state index contributed by atoms with van der Waals surface area (Å²) in [5.41, 5.74) is 5.58. The van der Waals surface area contributed by atoms with Crippen molar-refractivity contribution in [1.29, 1.82) is 0 Å². The van der Waals surface area contributed by atoms with E-state index in [1.54, 1.807) is 0 Å². The molecule has 2 heterocycles. The zero-order chi connectivity index (χ0) is 16.9. The van der Waals surface area contributed by atoms with Gasteiger partial charge in [-0.05, 0) is 25.6 Å². The Morgan fingerprint density at radius 2 is 2.39 bits per heavy atom. The number of nitrogens with two attached hydrogens (primary N) is 1. The number of unbranched alkanes of at least 4 members (excludes halogenated alkanes) is 1. The van der Waals surface area contributed by atoms with Crippen molar-refractivity contribution in [2.24, 2.45) is 11.7 Å². The third kappa shape index (κ3) is 4.78. The maximum atomic E-state index is 12.1. The van der Waals surface area contributed by atoms with Gasteiger partial charge in [0, 0.05) is 24.9 Å². The Morgan fingerprint density at radius 3 is 3.09 bits per heavy atom. The van der Waals surface area contributed by atoms with Crippen molar-refractivity contribution in [1.82, 2.24) is 10.3 Å². The highest BCUT2D eigenvalue weighted by Gasteiger charge is 2.45. The molecule has 6 nitrogen and oxygen atoms in total. The van der Waals surface area contributed by atoms with Crippen LogP contribution >= 0.6 is 23.6 Å². The van der Waals surface area contributed by atoms with Gasteiger partial charge in [0.05, 0.1) is 11.6 Å². The Balaban J connectivity index is 1.91. The summed E-state index contributed by atoms with van der Waals surface area (Å²) in [6.07, 6.45) is 3.74. The van der Waals surface area contributed by atoms with Crippen LogP contribution in [0.15, 0.2) is 5.38 Å². The maximum absolute atomic E-state index is 12.1. The summed E-state index contributed by atoms with van der Waals surface area (Å²) in [6.45, 7) is 5.38. The van der Waals surface area contributed by atoms with E-state index in [9.17, 15) is 4.79 Å². The molecule has 8 heteroatoms. The van der Waals surface area contributed by atoms with Crippen LogP contribution in [0.5, 0.6) is 0 Å². The summed E-state index contributed by atoms with van der Waals surface area (Å²) in [7, 11) is 0. The fourth-order valence-electron chi connectivity index (χ4n) is 2.68. The molecule has 1 fully saturated rings. The molecule has 0 spiro atoms. The highest BCUT2D eigenvalue weighted by atomic mass is 32.1. The number of anilines is 1. The van der Waals surface area contributed by atoms with E-state index in [0.717, 1.165) is 30.1 Å². The van der Waals surface area contributed by atoms with Gasteiger partial charge in [-0.2, -0.15) is 0 Å². The first-order valence-electron chi connectivity index (χ1n) is 7.90. The lowest BCUT2D eigenvalue weighted by atomic mass is 9.90. The lowest BCUT2D eigenvalue weighted by Crippen LogP contribution is -2.32. The van der Waals surface area contributed by atoms with E-state index < -0.39 is 5.60 Å². The Labute approximate surface area is 146 Å². The van der Waals surface area contributed by atoms with Gasteiger partial charge < -0.3 is 21.1 Å². The summed E-state index contributed by atoms with van der Waals surface area (Å²) >= 11 is 6.26. The van der Waals surface area contributed by atoms with Gasteiger partial charge in [0.2, 0.25) is 0 Å². The number of esters is 1. The van der Waals surface area contributed by atoms with Crippen LogP contribution in [0.3, 0.4) is 0 Å². The molecular formula is C15H24N4O2S2. The Hall–Kier alpha value is -1.41. The Bertz CT molecular complexity index is 563. The fraction of sp³-hybridized carbons (Fsp3) is 0.667. The minimum atomic E-state index is -0.608. The molecule has 1 saturated heterocycles. The van der Waals surface area contributed by atoms with Crippen LogP contribution in [0, 0.1) is 5.92 Å². The number of thiazole rings is 1. The Morgan fingerprint density at radius 1 is 1.61 bits per heavy atom. The highest BCUT2D eigenvalue weighted by molar-refractivity contribution is 7.80. The molecule has 2 rings (SSSR count). The number of carbonyl (C=O) groups is 1. The SMILES string of the molecule is CCCC[C@@H]1C[C@](C)(c2csc(NCCNC(N)=S)n2)OC1=O. The van der Waals surface area contributed by atoms with Gasteiger partial charge in [-0.15, -0.1) is 11.3 Å². The molecule has 0 unspecified atom stereocenters. The second kappa shape index (κ2) is 7.92. The number of hydrogen-bond acceptors (Lipinski definition) is 6. The summed E-state index contributed by atoms with van der Waals surface area (Å²) < 4.78 is 5.65. The first-order chi connectivity index (χ1) is 10.9. The molecule has 23 heavy (non-hydrogen) atoms. The molecule has 1 aromatic heterocycles. The average Bonchev–Trinajstić information content (AvgIpc) is 3.07. The molecule has 0 aliphatic carbocycles. The van der Waals surface area contributed by atoms with E-state index >= 15 is 0 Å². The van der Waals surface area contributed by atoms with Crippen LogP contribution in [-0.2, 0) is 15.1 Å². The number of nitrogens with zero attached hydrogens (tertiary/aromatic N) is 1. The molecule has 4 N–H and O–H groups in total. The maximum Gasteiger partial charge on any atom is 0.310 e. The van der Waals surface area contributed by atoms with Crippen LogP contribution in [0.4, 0.5) is 5.13 Å². The number of rotatable bonds is 8. The van der Waals surface area contributed by atoms with Gasteiger partial charge >= 0.3 is 5.97 Å². The second-order valence-electron chi connectivity index (χ2n) is 5.95. The quantitative estimate of drug-likeness (QED) is 0.374. The van der Waals surface area contributed by atoms with Crippen LogP contribution < -0.4 is 16.4 Å². The van der Waals surface area contributed by atoms with Crippen molar-refractivity contribution in [3.63, 3.8) is 0 Å². The molecule has 0 radical (unpaired) electrons. The van der Waals surface area contributed by atoms with Gasteiger partial charge in [-0.25, -0.2) is 4.98 Å². The molecule has 1 aromatic rings. The van der Waals surface area contributed by atoms with E-state index in [1.807, 2.05) is 12.3 Å². The van der Waals surface area contributed by atoms with Crippen molar-refractivity contribution in [3.05, 3.63) is 11.1 Å². The normalized spacial score (nSPS) is 23.6. The molecule has 1 aliphatic rings. The zero-order valence-corrected chi connectivity index (χ0v) is 15.2. The minimum Gasteiger partial charge on any atom is -0.453 e. The standard InChI is InChI=1S/C15H24N4O2S2/c1-3-4-5-10-8-15(2,21-12(10)20)11-9-23-14(19-11)18-7-6-17-13(16)22/h9-10H,3-8H2,1-2H3,(H,18,19)(H3,16,17,22)/t10-,15-/m1/s1. The van der Waals surface area contributed by atoms with Crippen molar-refractivity contribution in [2.45, 2.75) is 45.1 Å². The van der Waals surface area contributed by atoms with Crippen molar-refractivity contribution in [3.8, 4) is 0 Å². The summed E-state index contributed by atoms with van der Waals surface area (Å²) in [4.78, 5) is 16.6. The van der Waals surface area contributed by atoms with E-state index in [1.165, 1.54) is 11.3 Å². The lowest BCUT2D eigenvalue weighted by molar-refractivity contribution is -0.150. The molecule has 2 atom stereocenters. The molecule has 0 aromatic carbocycles. The number of carbonyl (C=O) groups excluding carboxylic acids is 1. The zero-order valence-electron chi connectivity index (χ0n) is 13.6. The van der Waals surface area contributed by atoms with Crippen LogP contribution in [0.25, 0.3) is 0 Å². The molecule has 0 bridgehead atoms. The van der Waals surface area contributed by atoms with Gasteiger partial charge in [0.15, 0.2) is 15.8 Å². The van der Waals surface area contributed by atoms with Gasteiger partial charge in [-0.1, -0.05) is 19.8 Å². The topological polar surface area (TPSA) is 89.3 Å². The lowest BCUT2D eigenvalue weighted by Gasteiger charge is -2.19. The number of ether oxygens (including phenoxy) is 1. The van der Waals surface area contributed by atoms with Crippen LogP contribution in [0.1, 0.15) is 45.2 Å². The van der Waals surface area contributed by atoms with Crippen molar-refractivity contribution >= 4 is 39.8 Å². The smallest absolute Gasteiger partial charge is 0.310 e. The first kappa shape index (κ1) is 17.9. The predicted molar refractivity (Wildman–Crippen MR) is 96.5 cm³/mol. The molecule has 0 amide bonds. The van der Waals surface area contributed by atoms with Gasteiger partial charge in [-0.3, -0.25) is 4.79 Å². The van der Waals surface area contributed by atoms with E-state index in [4.69, 9.17) is 22.7 Å². The number of hydrogen-bond donors (Lipinski definition) is 3. The van der Waals surface area contributed by atoms with Crippen molar-refractivity contribution in [2.75, 3.05) is 18.4 Å². The van der Waals surface area contributed by atoms with Crippen LogP contribution in [0.2, 0.25) is 0 Å². The van der Waals surface area contributed by atoms with E-state index in [-0.39, 0.29) is 17.0 Å². The number of thiocarbonyl (C=S) groups is 1. The van der Waals surface area contributed by atoms with Gasteiger partial charge in [0.1, 0.15) is 0 Å². The predicted octanol–water partition coefficient (Wildman–Crippen LogP) is 2.36. The van der Waals surface area contributed by atoms with Crippen molar-refractivity contribution < 1.29 is 9.53 Å². The molecular weight excluding hydrogens is 332 g/mol. The van der Waals surface area contributed by atoms with E-state index in [0.29, 0.717) is 19.5 Å².